The van der Waals surface area contributed by atoms with Gasteiger partial charge in [-0.2, -0.15) is 5.10 Å². The van der Waals surface area contributed by atoms with Crippen molar-refractivity contribution in [3.8, 4) is 16.9 Å². The number of fused-ring (bicyclic) bond motifs is 2. The fourth-order valence-electron chi connectivity index (χ4n) is 6.27. The summed E-state index contributed by atoms with van der Waals surface area (Å²) in [4.78, 5) is 50.3. The molecule has 1 aliphatic carbocycles. The Morgan fingerprint density at radius 3 is 2.55 bits per heavy atom. The summed E-state index contributed by atoms with van der Waals surface area (Å²) in [6, 6.07) is 10.9. The first-order chi connectivity index (χ1) is 20.1. The van der Waals surface area contributed by atoms with E-state index in [-0.39, 0.29) is 35.6 Å². The zero-order valence-corrected chi connectivity index (χ0v) is 24.5. The normalized spacial score (nSPS) is 20.8. The number of Topliss-reactive ketones (excluding diaryl/α,β-unsaturated/α-hetero) is 1. The van der Waals surface area contributed by atoms with Crippen molar-refractivity contribution in [3.05, 3.63) is 71.4 Å². The molecule has 3 atom stereocenters. The summed E-state index contributed by atoms with van der Waals surface area (Å²) in [5.41, 5.74) is 4.46. The second-order valence-electron chi connectivity index (χ2n) is 11.7. The average Bonchev–Trinajstić information content (AvgIpc) is 3.32. The molecule has 1 saturated heterocycles. The fraction of sp³-hybridized carbons (Fsp3) is 0.375. The topological polar surface area (TPSA) is 119 Å². The molecule has 2 fully saturated rings. The van der Waals surface area contributed by atoms with E-state index < -0.39 is 6.04 Å². The molecule has 3 heterocycles. The van der Waals surface area contributed by atoms with Crippen LogP contribution in [-0.2, 0) is 22.7 Å². The number of methoxy groups -OCH3 is 1. The molecule has 10 nitrogen and oxygen atoms in total. The lowest BCUT2D eigenvalue weighted by atomic mass is 10.0. The Bertz CT molecular complexity index is 1730. The maximum absolute atomic E-state index is 13.9. The van der Waals surface area contributed by atoms with Gasteiger partial charge in [0.25, 0.3) is 0 Å². The molecule has 1 saturated carbocycles. The molecule has 2 aromatic heterocycles. The Morgan fingerprint density at radius 2 is 1.83 bits per heavy atom. The van der Waals surface area contributed by atoms with Crippen LogP contribution < -0.4 is 10.1 Å². The molecule has 42 heavy (non-hydrogen) atoms. The van der Waals surface area contributed by atoms with Crippen LogP contribution in [0.3, 0.4) is 0 Å². The number of likely N-dealkylation sites (tertiary alicyclic amines) is 1. The summed E-state index contributed by atoms with van der Waals surface area (Å²) in [6.45, 7) is 7.65. The van der Waals surface area contributed by atoms with Crippen molar-refractivity contribution in [2.45, 2.75) is 65.7 Å². The van der Waals surface area contributed by atoms with Gasteiger partial charge in [-0.1, -0.05) is 19.1 Å². The van der Waals surface area contributed by atoms with Crippen molar-refractivity contribution >= 4 is 28.5 Å². The predicted molar refractivity (Wildman–Crippen MR) is 157 cm³/mol. The number of nitrogens with one attached hydrogen (secondary N) is 1. The summed E-state index contributed by atoms with van der Waals surface area (Å²) < 4.78 is 6.90. The van der Waals surface area contributed by atoms with Gasteiger partial charge in [-0.05, 0) is 73.1 Å². The number of hydrogen-bond donors (Lipinski definition) is 1. The Balaban J connectivity index is 1.26. The molecule has 1 unspecified atom stereocenters. The third-order valence-electron chi connectivity index (χ3n) is 8.59. The van der Waals surface area contributed by atoms with Crippen LogP contribution in [0.2, 0.25) is 0 Å². The molecule has 1 aliphatic heterocycles. The number of piperidine rings is 1. The minimum Gasteiger partial charge on any atom is -0.497 e. The van der Waals surface area contributed by atoms with E-state index in [4.69, 9.17) is 4.74 Å². The van der Waals surface area contributed by atoms with Crippen molar-refractivity contribution in [2.75, 3.05) is 7.11 Å². The highest BCUT2D eigenvalue weighted by Crippen LogP contribution is 2.59. The van der Waals surface area contributed by atoms with Gasteiger partial charge < -0.3 is 15.0 Å². The van der Waals surface area contributed by atoms with Crippen molar-refractivity contribution in [3.63, 3.8) is 0 Å². The number of hydrogen-bond acceptors (Lipinski definition) is 7. The molecule has 216 valence electrons. The molecule has 2 amide bonds. The lowest BCUT2D eigenvalue weighted by molar-refractivity contribution is -0.140. The quantitative estimate of drug-likeness (QED) is 0.320. The van der Waals surface area contributed by atoms with Crippen LogP contribution in [0.1, 0.15) is 54.1 Å². The first-order valence-corrected chi connectivity index (χ1v) is 14.1. The van der Waals surface area contributed by atoms with Gasteiger partial charge in [0.05, 0.1) is 12.6 Å². The molecule has 10 heteroatoms. The molecule has 4 aromatic rings. The van der Waals surface area contributed by atoms with E-state index in [9.17, 15) is 14.4 Å². The number of amides is 2. The van der Waals surface area contributed by atoms with Gasteiger partial charge in [-0.3, -0.25) is 19.1 Å². The van der Waals surface area contributed by atoms with E-state index in [1.165, 1.54) is 6.92 Å². The van der Waals surface area contributed by atoms with Gasteiger partial charge in [0.15, 0.2) is 5.78 Å². The largest absolute Gasteiger partial charge is 0.497 e. The highest BCUT2D eigenvalue weighted by molar-refractivity contribution is 6.07. The van der Waals surface area contributed by atoms with Gasteiger partial charge in [0.2, 0.25) is 11.8 Å². The van der Waals surface area contributed by atoms with Crippen molar-refractivity contribution in [1.82, 2.24) is 30.0 Å². The van der Waals surface area contributed by atoms with Crippen LogP contribution in [0.4, 0.5) is 0 Å². The number of rotatable bonds is 8. The highest BCUT2D eigenvalue weighted by atomic mass is 16.5. The number of ether oxygens (including phenoxy) is 1. The zero-order chi connectivity index (χ0) is 29.8. The molecule has 0 spiro atoms. The third kappa shape index (κ3) is 4.91. The van der Waals surface area contributed by atoms with Gasteiger partial charge in [0, 0.05) is 42.9 Å². The summed E-state index contributed by atoms with van der Waals surface area (Å²) in [6.07, 6.45) is 5.00. The lowest BCUT2D eigenvalue weighted by Gasteiger charge is -2.27. The van der Waals surface area contributed by atoms with Crippen molar-refractivity contribution in [2.24, 2.45) is 5.41 Å². The average molecular weight is 567 g/mol. The van der Waals surface area contributed by atoms with E-state index in [1.54, 1.807) is 29.1 Å². The number of carbonyl (C=O) groups excluding carboxylic acids is 3. The summed E-state index contributed by atoms with van der Waals surface area (Å²) in [5, 5.41) is 8.30. The Labute approximate surface area is 244 Å². The predicted octanol–water partition coefficient (Wildman–Crippen LogP) is 4.02. The van der Waals surface area contributed by atoms with E-state index in [1.807, 2.05) is 50.2 Å². The number of ketones is 1. The smallest absolute Gasteiger partial charge is 0.245 e. The van der Waals surface area contributed by atoms with Crippen LogP contribution in [-0.4, -0.2) is 61.4 Å². The fourth-order valence-corrected chi connectivity index (χ4v) is 6.27. The lowest BCUT2D eigenvalue weighted by Crippen LogP contribution is -2.48. The number of aromatic nitrogens is 4. The molecular formula is C32H34N6O4. The summed E-state index contributed by atoms with van der Waals surface area (Å²) in [5.74, 6) is 0.856. The maximum Gasteiger partial charge on any atom is 0.245 e. The molecule has 2 aromatic carbocycles. The second kappa shape index (κ2) is 10.3. The minimum atomic E-state index is -0.560. The van der Waals surface area contributed by atoms with E-state index in [2.05, 4.69) is 27.3 Å². The maximum atomic E-state index is 13.9. The number of carbonyl (C=O) groups is 3. The van der Waals surface area contributed by atoms with Crippen LogP contribution in [0.15, 0.2) is 48.8 Å². The molecule has 1 N–H and O–H groups in total. The van der Waals surface area contributed by atoms with Crippen LogP contribution >= 0.6 is 0 Å². The van der Waals surface area contributed by atoms with Gasteiger partial charge in [-0.15, -0.1) is 0 Å². The van der Waals surface area contributed by atoms with Crippen LogP contribution in [0.5, 0.6) is 5.75 Å². The van der Waals surface area contributed by atoms with E-state index in [0.29, 0.717) is 29.9 Å². The number of nitrogens with zero attached hydrogens (tertiary/aromatic N) is 5. The van der Waals surface area contributed by atoms with Crippen molar-refractivity contribution < 1.29 is 19.1 Å². The minimum absolute atomic E-state index is 0.0147. The summed E-state index contributed by atoms with van der Waals surface area (Å²) >= 11 is 0. The van der Waals surface area contributed by atoms with Gasteiger partial charge in [0.1, 0.15) is 29.9 Å². The molecule has 6 rings (SSSR count). The molecule has 2 aliphatic rings. The first kappa shape index (κ1) is 27.6. The van der Waals surface area contributed by atoms with E-state index >= 15 is 0 Å². The second-order valence-corrected chi connectivity index (χ2v) is 11.7. The van der Waals surface area contributed by atoms with Crippen molar-refractivity contribution in [1.29, 1.82) is 0 Å². The number of benzene rings is 2. The monoisotopic (exact) mass is 566 g/mol. The SMILES string of the molecule is COc1cccc(CNC(=O)[C@@H]2C[C@@]3(C)CC3N2C(=O)Cn2nc(C(C)=O)c3cc(-c4cnc(C)nc4)cc(C)c32)c1. The molecular weight excluding hydrogens is 532 g/mol. The van der Waals surface area contributed by atoms with Crippen LogP contribution in [0.25, 0.3) is 22.0 Å². The Hall–Kier alpha value is -4.60. The van der Waals surface area contributed by atoms with Gasteiger partial charge in [-0.25, -0.2) is 9.97 Å². The third-order valence-corrected chi connectivity index (χ3v) is 8.59. The first-order valence-electron chi connectivity index (χ1n) is 14.1. The zero-order valence-electron chi connectivity index (χ0n) is 24.5. The Kier molecular flexibility index (Phi) is 6.79. The van der Waals surface area contributed by atoms with Crippen LogP contribution in [0, 0.1) is 19.3 Å². The summed E-state index contributed by atoms with van der Waals surface area (Å²) in [7, 11) is 1.61. The standard InChI is InChI=1S/C32H34N6O4/c1-18-9-22(23-15-33-20(3)34-16-23)11-25-29(19(2)39)36-37(30(18)25)17-28(40)38-26(12-32(4)13-27(32)38)31(41)35-14-21-7-6-8-24(10-21)42-5/h6-11,15-16,26-27H,12-14,17H2,1-5H3,(H,35,41)/t26-,27?,32-/m0/s1. The van der Waals surface area contributed by atoms with E-state index in [0.717, 1.165) is 39.9 Å². The molecule has 0 radical (unpaired) electrons. The molecule has 0 bridgehead atoms. The Morgan fingerprint density at radius 1 is 1.07 bits per heavy atom. The van der Waals surface area contributed by atoms with Gasteiger partial charge >= 0.3 is 0 Å². The highest BCUT2D eigenvalue weighted by Gasteiger charge is 2.64. The number of aryl methyl sites for hydroxylation is 2.